The molecule has 0 fully saturated rings. The second kappa shape index (κ2) is 6.95. The Kier molecular flexibility index (Phi) is 4.27. The molecule has 2 aromatic heterocycles. The van der Waals surface area contributed by atoms with Crippen molar-refractivity contribution in [3.63, 3.8) is 0 Å². The van der Waals surface area contributed by atoms with Gasteiger partial charge >= 0.3 is 0 Å². The maximum atomic E-state index is 13.5. The number of hydrogen-bond acceptors (Lipinski definition) is 4. The van der Waals surface area contributed by atoms with Gasteiger partial charge in [0.15, 0.2) is 5.82 Å². The third-order valence-corrected chi connectivity index (χ3v) is 5.48. The zero-order chi connectivity index (χ0) is 20.0. The predicted octanol–water partition coefficient (Wildman–Crippen LogP) is 4.70. The Bertz CT molecular complexity index is 1210. The molecule has 0 saturated heterocycles. The molecule has 0 aliphatic heterocycles. The van der Waals surface area contributed by atoms with Crippen molar-refractivity contribution in [1.82, 2.24) is 19.6 Å². The van der Waals surface area contributed by atoms with E-state index in [0.717, 1.165) is 47.8 Å². The fourth-order valence-corrected chi connectivity index (χ4v) is 3.91. The van der Waals surface area contributed by atoms with Gasteiger partial charge in [0.05, 0.1) is 5.69 Å². The first-order chi connectivity index (χ1) is 14.1. The average molecular weight is 387 g/mol. The van der Waals surface area contributed by atoms with Crippen LogP contribution < -0.4 is 5.32 Å². The van der Waals surface area contributed by atoms with Crippen molar-refractivity contribution in [1.29, 1.82) is 0 Å². The maximum absolute atomic E-state index is 13.5. The molecular formula is C23H22FN5. The van der Waals surface area contributed by atoms with Gasteiger partial charge in [-0.05, 0) is 62.4 Å². The smallest absolute Gasteiger partial charge is 0.254 e. The Morgan fingerprint density at radius 3 is 2.66 bits per heavy atom. The zero-order valence-corrected chi connectivity index (χ0v) is 16.5. The Morgan fingerprint density at radius 1 is 1.03 bits per heavy atom. The van der Waals surface area contributed by atoms with Gasteiger partial charge in [-0.1, -0.05) is 29.8 Å². The molecule has 0 spiro atoms. The molecular weight excluding hydrogens is 365 g/mol. The number of aromatic nitrogens is 4. The molecule has 5 nitrogen and oxygen atoms in total. The first-order valence-electron chi connectivity index (χ1n) is 9.93. The monoisotopic (exact) mass is 387 g/mol. The van der Waals surface area contributed by atoms with Crippen LogP contribution >= 0.6 is 0 Å². The van der Waals surface area contributed by atoms with Gasteiger partial charge < -0.3 is 5.32 Å². The molecule has 0 atom stereocenters. The first kappa shape index (κ1) is 17.8. The van der Waals surface area contributed by atoms with Crippen molar-refractivity contribution in [2.24, 2.45) is 0 Å². The van der Waals surface area contributed by atoms with Gasteiger partial charge in [-0.15, -0.1) is 5.10 Å². The number of aryl methyl sites for hydroxylation is 3. The van der Waals surface area contributed by atoms with Crippen LogP contribution in [0.25, 0.3) is 5.78 Å². The standard InChI is InChI=1S/C23H22FN5/c1-14-6-8-16(9-7-14)13-21-27-23-26-20-5-3-4-18(20)22(29(23)28-21)25-19-11-10-17(24)12-15(19)2/h6-12,25H,3-5,13H2,1-2H3. The summed E-state index contributed by atoms with van der Waals surface area (Å²) in [4.78, 5) is 9.45. The molecule has 146 valence electrons. The molecule has 0 amide bonds. The number of hydrogen-bond donors (Lipinski definition) is 1. The van der Waals surface area contributed by atoms with Crippen LogP contribution in [0.1, 0.15) is 40.2 Å². The molecule has 0 radical (unpaired) electrons. The van der Waals surface area contributed by atoms with Crippen LogP contribution in [-0.4, -0.2) is 19.6 Å². The lowest BCUT2D eigenvalue weighted by Crippen LogP contribution is -2.08. The van der Waals surface area contributed by atoms with E-state index >= 15 is 0 Å². The van der Waals surface area contributed by atoms with Gasteiger partial charge in [0.25, 0.3) is 5.78 Å². The molecule has 1 N–H and O–H groups in total. The van der Waals surface area contributed by atoms with E-state index in [1.807, 2.05) is 6.92 Å². The van der Waals surface area contributed by atoms with Crippen molar-refractivity contribution < 1.29 is 4.39 Å². The Morgan fingerprint density at radius 2 is 1.86 bits per heavy atom. The summed E-state index contributed by atoms with van der Waals surface area (Å²) >= 11 is 0. The van der Waals surface area contributed by atoms with Gasteiger partial charge in [0.1, 0.15) is 11.6 Å². The molecule has 0 unspecified atom stereocenters. The highest BCUT2D eigenvalue weighted by Gasteiger charge is 2.22. The van der Waals surface area contributed by atoms with E-state index in [0.29, 0.717) is 12.2 Å². The molecule has 5 rings (SSSR count). The molecule has 2 heterocycles. The lowest BCUT2D eigenvalue weighted by molar-refractivity contribution is 0.627. The SMILES string of the molecule is Cc1ccc(Cc2nc3nc4c(c(Nc5ccc(F)cc5C)n3n2)CCC4)cc1. The van der Waals surface area contributed by atoms with Crippen molar-refractivity contribution in [3.05, 3.63) is 82.1 Å². The Balaban J connectivity index is 1.58. The van der Waals surface area contributed by atoms with E-state index < -0.39 is 0 Å². The minimum Gasteiger partial charge on any atom is -0.340 e. The number of fused-ring (bicyclic) bond motifs is 2. The van der Waals surface area contributed by atoms with E-state index in [2.05, 4.69) is 41.5 Å². The summed E-state index contributed by atoms with van der Waals surface area (Å²) in [5.41, 5.74) is 6.37. The lowest BCUT2D eigenvalue weighted by Gasteiger charge is -2.14. The van der Waals surface area contributed by atoms with Crippen molar-refractivity contribution in [2.45, 2.75) is 39.5 Å². The fraction of sp³-hybridized carbons (Fsp3) is 0.261. The van der Waals surface area contributed by atoms with E-state index in [-0.39, 0.29) is 5.82 Å². The molecule has 1 aliphatic carbocycles. The van der Waals surface area contributed by atoms with Crippen LogP contribution in [0.15, 0.2) is 42.5 Å². The highest BCUT2D eigenvalue weighted by Crippen LogP contribution is 2.31. The number of nitrogens with zero attached hydrogens (tertiary/aromatic N) is 4. The topological polar surface area (TPSA) is 55.1 Å². The highest BCUT2D eigenvalue weighted by molar-refractivity contribution is 5.66. The van der Waals surface area contributed by atoms with Crippen LogP contribution in [0.4, 0.5) is 15.9 Å². The first-order valence-corrected chi connectivity index (χ1v) is 9.93. The third kappa shape index (κ3) is 3.35. The summed E-state index contributed by atoms with van der Waals surface area (Å²) in [6.45, 7) is 3.97. The number of rotatable bonds is 4. The average Bonchev–Trinajstić information content (AvgIpc) is 3.31. The van der Waals surface area contributed by atoms with Crippen molar-refractivity contribution >= 4 is 17.3 Å². The van der Waals surface area contributed by atoms with E-state index in [9.17, 15) is 4.39 Å². The normalized spacial score (nSPS) is 13.1. The lowest BCUT2D eigenvalue weighted by atomic mass is 10.1. The minimum atomic E-state index is -0.237. The quantitative estimate of drug-likeness (QED) is 0.551. The van der Waals surface area contributed by atoms with Gasteiger partial charge in [0, 0.05) is 17.7 Å². The van der Waals surface area contributed by atoms with Crippen molar-refractivity contribution in [2.75, 3.05) is 5.32 Å². The number of benzene rings is 2. The summed E-state index contributed by atoms with van der Waals surface area (Å²) < 4.78 is 15.3. The van der Waals surface area contributed by atoms with Gasteiger partial charge in [0.2, 0.25) is 0 Å². The van der Waals surface area contributed by atoms with Crippen LogP contribution in [0.5, 0.6) is 0 Å². The highest BCUT2D eigenvalue weighted by atomic mass is 19.1. The molecule has 0 bridgehead atoms. The molecule has 29 heavy (non-hydrogen) atoms. The van der Waals surface area contributed by atoms with Gasteiger partial charge in [-0.25, -0.2) is 9.37 Å². The van der Waals surface area contributed by atoms with Crippen LogP contribution in [0, 0.1) is 19.7 Å². The van der Waals surface area contributed by atoms with E-state index in [1.165, 1.54) is 28.8 Å². The number of anilines is 2. The summed E-state index contributed by atoms with van der Waals surface area (Å²) in [7, 11) is 0. The van der Waals surface area contributed by atoms with Gasteiger partial charge in [-0.2, -0.15) is 9.50 Å². The number of nitrogens with one attached hydrogen (secondary N) is 1. The fourth-order valence-electron chi connectivity index (χ4n) is 3.91. The second-order valence-corrected chi connectivity index (χ2v) is 7.73. The third-order valence-electron chi connectivity index (χ3n) is 5.48. The zero-order valence-electron chi connectivity index (χ0n) is 16.5. The molecule has 1 aliphatic rings. The van der Waals surface area contributed by atoms with E-state index in [4.69, 9.17) is 10.1 Å². The summed E-state index contributed by atoms with van der Waals surface area (Å²) in [6.07, 6.45) is 3.63. The van der Waals surface area contributed by atoms with Crippen LogP contribution in [0.2, 0.25) is 0 Å². The largest absolute Gasteiger partial charge is 0.340 e. The number of halogens is 1. The summed E-state index contributed by atoms with van der Waals surface area (Å²) in [6, 6.07) is 13.2. The molecule has 6 heteroatoms. The maximum Gasteiger partial charge on any atom is 0.254 e. The molecule has 0 saturated carbocycles. The second-order valence-electron chi connectivity index (χ2n) is 7.73. The van der Waals surface area contributed by atoms with Crippen molar-refractivity contribution in [3.8, 4) is 0 Å². The summed E-state index contributed by atoms with van der Waals surface area (Å²) in [5.74, 6) is 2.00. The Hall–Kier alpha value is -3.28. The van der Waals surface area contributed by atoms with E-state index in [1.54, 1.807) is 10.6 Å². The van der Waals surface area contributed by atoms with Crippen LogP contribution in [0.3, 0.4) is 0 Å². The predicted molar refractivity (Wildman–Crippen MR) is 111 cm³/mol. The molecule has 2 aromatic carbocycles. The minimum absolute atomic E-state index is 0.237. The summed E-state index contributed by atoms with van der Waals surface area (Å²) in [5, 5.41) is 8.24. The molecule has 4 aromatic rings. The van der Waals surface area contributed by atoms with Gasteiger partial charge in [-0.3, -0.25) is 0 Å². The van der Waals surface area contributed by atoms with Crippen LogP contribution in [-0.2, 0) is 19.3 Å². The Labute approximate surface area is 168 Å².